The van der Waals surface area contributed by atoms with Crippen LogP contribution in [0.4, 0.5) is 0 Å². The molecule has 11 heavy (non-hydrogen) atoms. The van der Waals surface area contributed by atoms with E-state index in [2.05, 4.69) is 22.2 Å². The van der Waals surface area contributed by atoms with Gasteiger partial charge < -0.3 is 0 Å². The van der Waals surface area contributed by atoms with Crippen molar-refractivity contribution in [2.45, 2.75) is 38.1 Å². The number of rotatable bonds is 1. The van der Waals surface area contributed by atoms with Gasteiger partial charge in [-0.05, 0) is 37.6 Å². The Labute approximate surface area is 66.7 Å². The maximum atomic E-state index is 8.22. The van der Waals surface area contributed by atoms with E-state index < -0.39 is 0 Å². The van der Waals surface area contributed by atoms with Crippen LogP contribution >= 0.6 is 0 Å². The van der Waals surface area contributed by atoms with Gasteiger partial charge in [0, 0.05) is 11.0 Å². The molecule has 60 valence electrons. The van der Waals surface area contributed by atoms with Crippen molar-refractivity contribution in [2.75, 3.05) is 0 Å². The Morgan fingerprint density at radius 2 is 2.09 bits per heavy atom. The van der Waals surface area contributed by atoms with Crippen molar-refractivity contribution >= 4 is 0 Å². The SMILES string of the molecule is [N-]=[N+]=NC1CCC=CCCC1. The second kappa shape index (κ2) is 4.80. The molecule has 0 aromatic rings. The fourth-order valence-electron chi connectivity index (χ4n) is 1.33. The van der Waals surface area contributed by atoms with E-state index in [0.29, 0.717) is 0 Å². The molecular weight excluding hydrogens is 138 g/mol. The standard InChI is InChI=1S/C8H13N3/c9-11-10-8-6-4-2-1-3-5-7-8/h1-2,8H,3-7H2. The van der Waals surface area contributed by atoms with Crippen LogP contribution in [0.3, 0.4) is 0 Å². The van der Waals surface area contributed by atoms with Crippen molar-refractivity contribution in [3.05, 3.63) is 22.6 Å². The second-order valence-corrected chi connectivity index (χ2v) is 2.84. The zero-order valence-electron chi connectivity index (χ0n) is 6.61. The van der Waals surface area contributed by atoms with Gasteiger partial charge in [0.2, 0.25) is 0 Å². The van der Waals surface area contributed by atoms with Crippen molar-refractivity contribution in [3.8, 4) is 0 Å². The Hall–Kier alpha value is -0.950. The first-order valence-corrected chi connectivity index (χ1v) is 4.12. The molecule has 0 radical (unpaired) electrons. The van der Waals surface area contributed by atoms with E-state index in [1.54, 1.807) is 0 Å². The highest BCUT2D eigenvalue weighted by atomic mass is 15.1. The molecule has 1 aliphatic carbocycles. The lowest BCUT2D eigenvalue weighted by Crippen LogP contribution is -2.03. The summed E-state index contributed by atoms with van der Waals surface area (Å²) in [5, 5.41) is 3.73. The summed E-state index contributed by atoms with van der Waals surface area (Å²) in [6, 6.07) is 0.241. The number of allylic oxidation sites excluding steroid dienone is 2. The smallest absolute Gasteiger partial charge is 0.0377 e. The zero-order valence-corrected chi connectivity index (χ0v) is 6.61. The molecule has 1 aliphatic rings. The van der Waals surface area contributed by atoms with Crippen LogP contribution in [0.25, 0.3) is 10.4 Å². The highest BCUT2D eigenvalue weighted by Gasteiger charge is 2.05. The first-order chi connectivity index (χ1) is 5.43. The molecule has 0 heterocycles. The minimum Gasteiger partial charge on any atom is -0.0906 e. The Balaban J connectivity index is 2.41. The van der Waals surface area contributed by atoms with Gasteiger partial charge in [0.25, 0.3) is 0 Å². The summed E-state index contributed by atoms with van der Waals surface area (Å²) in [4.78, 5) is 2.83. The van der Waals surface area contributed by atoms with Crippen LogP contribution in [0.2, 0.25) is 0 Å². The molecule has 0 aromatic heterocycles. The molecule has 0 amide bonds. The molecule has 0 saturated heterocycles. The summed E-state index contributed by atoms with van der Waals surface area (Å²) in [7, 11) is 0. The average molecular weight is 151 g/mol. The fourth-order valence-corrected chi connectivity index (χ4v) is 1.33. The van der Waals surface area contributed by atoms with Gasteiger partial charge in [-0.15, -0.1) is 0 Å². The second-order valence-electron chi connectivity index (χ2n) is 2.84. The third-order valence-corrected chi connectivity index (χ3v) is 1.96. The molecule has 1 atom stereocenters. The summed E-state index contributed by atoms with van der Waals surface area (Å²) in [5.41, 5.74) is 8.22. The lowest BCUT2D eigenvalue weighted by atomic mass is 10.0. The van der Waals surface area contributed by atoms with E-state index in [0.717, 1.165) is 32.1 Å². The van der Waals surface area contributed by atoms with Gasteiger partial charge in [-0.1, -0.05) is 17.3 Å². The molecule has 0 bridgehead atoms. The highest BCUT2D eigenvalue weighted by molar-refractivity contribution is 4.86. The van der Waals surface area contributed by atoms with E-state index in [1.165, 1.54) is 0 Å². The molecule has 0 saturated carbocycles. The Morgan fingerprint density at radius 3 is 2.91 bits per heavy atom. The summed E-state index contributed by atoms with van der Waals surface area (Å²) < 4.78 is 0. The van der Waals surface area contributed by atoms with Crippen LogP contribution in [0, 0.1) is 0 Å². The predicted molar refractivity (Wildman–Crippen MR) is 45.2 cm³/mol. The summed E-state index contributed by atoms with van der Waals surface area (Å²) >= 11 is 0. The van der Waals surface area contributed by atoms with Crippen molar-refractivity contribution in [1.29, 1.82) is 0 Å². The number of nitrogens with zero attached hydrogens (tertiary/aromatic N) is 3. The Kier molecular flexibility index (Phi) is 3.56. The van der Waals surface area contributed by atoms with Gasteiger partial charge >= 0.3 is 0 Å². The third-order valence-electron chi connectivity index (χ3n) is 1.96. The minimum absolute atomic E-state index is 0.241. The van der Waals surface area contributed by atoms with E-state index in [1.807, 2.05) is 0 Å². The molecular formula is C8H13N3. The van der Waals surface area contributed by atoms with Gasteiger partial charge in [-0.25, -0.2) is 0 Å². The topological polar surface area (TPSA) is 48.8 Å². The fraction of sp³-hybridized carbons (Fsp3) is 0.750. The van der Waals surface area contributed by atoms with Gasteiger partial charge in [0.1, 0.15) is 0 Å². The molecule has 3 heteroatoms. The van der Waals surface area contributed by atoms with Crippen molar-refractivity contribution in [1.82, 2.24) is 0 Å². The van der Waals surface area contributed by atoms with Gasteiger partial charge in [0.15, 0.2) is 0 Å². The quantitative estimate of drug-likeness (QED) is 0.239. The lowest BCUT2D eigenvalue weighted by molar-refractivity contribution is 0.542. The average Bonchev–Trinajstić information content (AvgIpc) is 1.94. The molecule has 0 N–H and O–H groups in total. The summed E-state index contributed by atoms with van der Waals surface area (Å²) in [5.74, 6) is 0. The van der Waals surface area contributed by atoms with E-state index in [-0.39, 0.29) is 6.04 Å². The minimum atomic E-state index is 0.241. The van der Waals surface area contributed by atoms with Crippen LogP contribution in [-0.2, 0) is 0 Å². The lowest BCUT2D eigenvalue weighted by Gasteiger charge is -2.10. The highest BCUT2D eigenvalue weighted by Crippen LogP contribution is 2.14. The van der Waals surface area contributed by atoms with Gasteiger partial charge in [0.05, 0.1) is 0 Å². The molecule has 0 spiro atoms. The van der Waals surface area contributed by atoms with Crippen LogP contribution in [0.1, 0.15) is 32.1 Å². The van der Waals surface area contributed by atoms with E-state index in [4.69, 9.17) is 5.53 Å². The van der Waals surface area contributed by atoms with Crippen LogP contribution < -0.4 is 0 Å². The maximum absolute atomic E-state index is 8.22. The summed E-state index contributed by atoms with van der Waals surface area (Å²) in [6.07, 6.45) is 9.81. The molecule has 0 aromatic carbocycles. The molecule has 1 rings (SSSR count). The maximum Gasteiger partial charge on any atom is 0.0377 e. The number of azide groups is 1. The van der Waals surface area contributed by atoms with Crippen molar-refractivity contribution in [3.63, 3.8) is 0 Å². The monoisotopic (exact) mass is 151 g/mol. The number of hydrogen-bond donors (Lipinski definition) is 0. The first kappa shape index (κ1) is 8.15. The largest absolute Gasteiger partial charge is 0.0906 e. The zero-order chi connectivity index (χ0) is 7.94. The Morgan fingerprint density at radius 1 is 1.27 bits per heavy atom. The van der Waals surface area contributed by atoms with E-state index >= 15 is 0 Å². The van der Waals surface area contributed by atoms with Crippen LogP contribution in [0.15, 0.2) is 17.3 Å². The normalized spacial score (nSPS) is 24.9. The van der Waals surface area contributed by atoms with Crippen molar-refractivity contribution < 1.29 is 0 Å². The Bertz CT molecular complexity index is 180. The van der Waals surface area contributed by atoms with Gasteiger partial charge in [-0.2, -0.15) is 0 Å². The first-order valence-electron chi connectivity index (χ1n) is 4.12. The number of hydrogen-bond acceptors (Lipinski definition) is 1. The predicted octanol–water partition coefficient (Wildman–Crippen LogP) is 3.19. The summed E-state index contributed by atoms with van der Waals surface area (Å²) in [6.45, 7) is 0. The van der Waals surface area contributed by atoms with Crippen molar-refractivity contribution in [2.24, 2.45) is 5.11 Å². The molecule has 1 unspecified atom stereocenters. The third kappa shape index (κ3) is 3.10. The van der Waals surface area contributed by atoms with Gasteiger partial charge in [-0.3, -0.25) is 0 Å². The van der Waals surface area contributed by atoms with E-state index in [9.17, 15) is 0 Å². The van der Waals surface area contributed by atoms with Crippen LogP contribution in [0.5, 0.6) is 0 Å². The van der Waals surface area contributed by atoms with Crippen LogP contribution in [-0.4, -0.2) is 6.04 Å². The molecule has 0 aliphatic heterocycles. The molecule has 3 nitrogen and oxygen atoms in total. The molecule has 0 fully saturated rings.